The van der Waals surface area contributed by atoms with Gasteiger partial charge in [0.2, 0.25) is 21.8 Å². The van der Waals surface area contributed by atoms with Gasteiger partial charge < -0.3 is 5.32 Å². The highest BCUT2D eigenvalue weighted by atomic mass is 32.2. The lowest BCUT2D eigenvalue weighted by Gasteiger charge is -2.27. The van der Waals surface area contributed by atoms with E-state index in [-0.39, 0.29) is 28.1 Å². The molecule has 1 N–H and O–H groups in total. The average molecular weight is 599 g/mol. The Balaban J connectivity index is 1.59. The lowest BCUT2D eigenvalue weighted by atomic mass is 10.1. The highest BCUT2D eigenvalue weighted by molar-refractivity contribution is 7.89. The number of amides is 1. The number of carbonyl (C=O) groups is 1. The number of rotatable bonds is 6. The fourth-order valence-corrected chi connectivity index (χ4v) is 6.24. The quantitative estimate of drug-likeness (QED) is 0.419. The van der Waals surface area contributed by atoms with Gasteiger partial charge in [0.05, 0.1) is 27.8 Å². The number of sulfonamides is 1. The minimum atomic E-state index is -4.88. The summed E-state index contributed by atoms with van der Waals surface area (Å²) < 4.78 is 107. The van der Waals surface area contributed by atoms with Crippen LogP contribution in [-0.2, 0) is 33.7 Å². The van der Waals surface area contributed by atoms with Crippen molar-refractivity contribution >= 4 is 15.9 Å². The summed E-state index contributed by atoms with van der Waals surface area (Å²) in [5.74, 6) is -2.28. The number of aromatic nitrogens is 3. The Hall–Kier alpha value is -4.10. The molecule has 3 aromatic rings. The van der Waals surface area contributed by atoms with Crippen molar-refractivity contribution in [1.82, 2.24) is 24.6 Å². The molecule has 0 spiro atoms. The predicted octanol–water partition coefficient (Wildman–Crippen LogP) is 4.31. The van der Waals surface area contributed by atoms with Crippen LogP contribution in [0.4, 0.5) is 26.3 Å². The van der Waals surface area contributed by atoms with Crippen LogP contribution in [0.25, 0.3) is 11.3 Å². The number of hydrogen-bond donors (Lipinski definition) is 1. The van der Waals surface area contributed by atoms with Gasteiger partial charge in [0.25, 0.3) is 0 Å². The number of nitrogens with one attached hydrogen (secondary N) is 1. The minimum absolute atomic E-state index is 0.0939. The van der Waals surface area contributed by atoms with E-state index in [2.05, 4.69) is 20.3 Å². The Morgan fingerprint density at radius 2 is 1.66 bits per heavy atom. The summed E-state index contributed by atoms with van der Waals surface area (Å²) in [6, 6.07) is 6.08. The van der Waals surface area contributed by atoms with Gasteiger partial charge in [0.1, 0.15) is 6.04 Å². The number of nitrogens with zero attached hydrogens (tertiary/aromatic N) is 5. The first-order valence-corrected chi connectivity index (χ1v) is 13.3. The van der Waals surface area contributed by atoms with Gasteiger partial charge in [-0.1, -0.05) is 0 Å². The highest BCUT2D eigenvalue weighted by Crippen LogP contribution is 2.35. The lowest BCUT2D eigenvalue weighted by Crippen LogP contribution is -2.48. The van der Waals surface area contributed by atoms with Crippen LogP contribution < -0.4 is 5.32 Å². The normalized spacial score (nSPS) is 18.2. The number of alkyl halides is 6. The van der Waals surface area contributed by atoms with Crippen molar-refractivity contribution in [2.24, 2.45) is 0 Å². The lowest BCUT2D eigenvalue weighted by molar-refractivity contribution is -0.145. The second-order valence-corrected chi connectivity index (χ2v) is 11.0. The van der Waals surface area contributed by atoms with Crippen molar-refractivity contribution in [2.45, 2.75) is 55.6 Å². The fourth-order valence-electron chi connectivity index (χ4n) is 4.40. The zero-order chi connectivity index (χ0) is 30.2. The van der Waals surface area contributed by atoms with Crippen LogP contribution in [0.1, 0.15) is 42.3 Å². The van der Waals surface area contributed by atoms with E-state index >= 15 is 0 Å². The topological polar surface area (TPSA) is 129 Å². The van der Waals surface area contributed by atoms with E-state index in [0.29, 0.717) is 12.6 Å². The van der Waals surface area contributed by atoms with Crippen LogP contribution in [0.15, 0.2) is 53.8 Å². The van der Waals surface area contributed by atoms with Gasteiger partial charge in [-0.25, -0.2) is 18.4 Å². The van der Waals surface area contributed by atoms with Gasteiger partial charge in [-0.2, -0.15) is 35.9 Å². The zero-order valence-corrected chi connectivity index (χ0v) is 21.8. The first-order valence-electron chi connectivity index (χ1n) is 11.9. The predicted molar refractivity (Wildman–Crippen MR) is 130 cm³/mol. The van der Waals surface area contributed by atoms with Gasteiger partial charge in [0, 0.05) is 36.7 Å². The monoisotopic (exact) mass is 598 g/mol. The van der Waals surface area contributed by atoms with E-state index < -0.39 is 63.9 Å². The Labute approximate surface area is 229 Å². The highest BCUT2D eigenvalue weighted by Gasteiger charge is 2.44. The molecule has 1 aliphatic heterocycles. The van der Waals surface area contributed by atoms with Crippen molar-refractivity contribution in [3.05, 3.63) is 71.4 Å². The molecule has 0 aliphatic carbocycles. The molecule has 1 fully saturated rings. The standard InChI is InChI=1S/C25H20F6N6O3S/c1-14-2-7-21(37(14)41(39,40)18-5-3-15(9-32)4-6-18)22(38)34-10-16-8-20(33-13-19(16)24(26,27)28)17-11-35-23(36-12-17)25(29,30)31/h3-6,8,11-14,21H,2,7,10H2,1H3,(H,34,38)/t14-,21-/m0/s1. The number of hydrogen-bond acceptors (Lipinski definition) is 7. The molecular formula is C25H20F6N6O3S. The molecule has 1 aromatic carbocycles. The number of halogens is 6. The van der Waals surface area contributed by atoms with Crippen LogP contribution >= 0.6 is 0 Å². The van der Waals surface area contributed by atoms with Crippen molar-refractivity contribution < 1.29 is 39.6 Å². The van der Waals surface area contributed by atoms with Crippen LogP contribution in [-0.4, -0.2) is 45.7 Å². The maximum atomic E-state index is 13.7. The molecule has 216 valence electrons. The smallest absolute Gasteiger partial charge is 0.351 e. The number of benzene rings is 1. The molecule has 0 bridgehead atoms. The van der Waals surface area contributed by atoms with E-state index in [4.69, 9.17) is 5.26 Å². The fraction of sp³-hybridized carbons (Fsp3) is 0.320. The first kappa shape index (κ1) is 29.9. The maximum absolute atomic E-state index is 13.7. The first-order chi connectivity index (χ1) is 19.1. The van der Waals surface area contributed by atoms with E-state index in [1.54, 1.807) is 6.92 Å². The van der Waals surface area contributed by atoms with Crippen molar-refractivity contribution in [2.75, 3.05) is 0 Å². The Morgan fingerprint density at radius 3 is 2.22 bits per heavy atom. The van der Waals surface area contributed by atoms with Gasteiger partial charge in [-0.3, -0.25) is 9.78 Å². The Bertz CT molecular complexity index is 1590. The molecule has 0 saturated carbocycles. The maximum Gasteiger partial charge on any atom is 0.451 e. The third-order valence-corrected chi connectivity index (χ3v) is 8.45. The van der Waals surface area contributed by atoms with Gasteiger partial charge in [-0.05, 0) is 55.7 Å². The SMILES string of the molecule is C[C@H]1CC[C@@H](C(=O)NCc2cc(-c3cnc(C(F)(F)F)nc3)ncc2C(F)(F)F)N1S(=O)(=O)c1ccc(C#N)cc1. The van der Waals surface area contributed by atoms with Crippen LogP contribution in [0, 0.1) is 11.3 Å². The molecule has 1 saturated heterocycles. The van der Waals surface area contributed by atoms with Gasteiger partial charge in [-0.15, -0.1) is 0 Å². The second kappa shape index (κ2) is 11.1. The number of carbonyl (C=O) groups excluding carboxylic acids is 1. The Morgan fingerprint density at radius 1 is 1.02 bits per heavy atom. The van der Waals surface area contributed by atoms with Crippen molar-refractivity contribution in [1.29, 1.82) is 5.26 Å². The molecule has 1 amide bonds. The molecule has 2 aromatic heterocycles. The largest absolute Gasteiger partial charge is 0.451 e. The number of nitriles is 1. The van der Waals surface area contributed by atoms with Crippen LogP contribution in [0.5, 0.6) is 0 Å². The molecule has 0 unspecified atom stereocenters. The summed E-state index contributed by atoms with van der Waals surface area (Å²) >= 11 is 0. The molecular weight excluding hydrogens is 578 g/mol. The molecule has 0 radical (unpaired) electrons. The van der Waals surface area contributed by atoms with Crippen LogP contribution in [0.3, 0.4) is 0 Å². The molecule has 2 atom stereocenters. The molecule has 4 rings (SSSR count). The third-order valence-electron chi connectivity index (χ3n) is 6.41. The van der Waals surface area contributed by atoms with E-state index in [0.717, 1.165) is 22.8 Å². The van der Waals surface area contributed by atoms with E-state index in [1.165, 1.54) is 24.3 Å². The Kier molecular flexibility index (Phi) is 8.05. The summed E-state index contributed by atoms with van der Waals surface area (Å²) in [5, 5.41) is 11.3. The zero-order valence-electron chi connectivity index (χ0n) is 21.0. The molecule has 1 aliphatic rings. The van der Waals surface area contributed by atoms with Gasteiger partial charge >= 0.3 is 12.4 Å². The summed E-state index contributed by atoms with van der Waals surface area (Å²) in [6.45, 7) is 0.915. The number of pyridine rings is 1. The summed E-state index contributed by atoms with van der Waals surface area (Å²) in [6.07, 6.45) is -7.27. The summed E-state index contributed by atoms with van der Waals surface area (Å²) in [4.78, 5) is 23.0. The molecule has 9 nitrogen and oxygen atoms in total. The third kappa shape index (κ3) is 6.30. The molecule has 41 heavy (non-hydrogen) atoms. The minimum Gasteiger partial charge on any atom is -0.351 e. The average Bonchev–Trinajstić information content (AvgIpc) is 3.33. The van der Waals surface area contributed by atoms with E-state index in [9.17, 15) is 39.6 Å². The summed E-state index contributed by atoms with van der Waals surface area (Å²) in [7, 11) is -4.20. The van der Waals surface area contributed by atoms with E-state index in [1.807, 2.05) is 6.07 Å². The molecule has 16 heteroatoms. The van der Waals surface area contributed by atoms with Gasteiger partial charge in [0.15, 0.2) is 0 Å². The second-order valence-electron chi connectivity index (χ2n) is 9.15. The van der Waals surface area contributed by atoms with Crippen LogP contribution in [0.2, 0.25) is 0 Å². The summed E-state index contributed by atoms with van der Waals surface area (Å²) in [5.41, 5.74) is -1.69. The van der Waals surface area contributed by atoms with Crippen molar-refractivity contribution in [3.8, 4) is 17.3 Å². The molecule has 3 heterocycles. The van der Waals surface area contributed by atoms with Crippen molar-refractivity contribution in [3.63, 3.8) is 0 Å².